The standard InChI is InChI=1S/C23H36N2O6.C19H28N2O5.C3H7NO2.ClH/c1-23(2,3)31-22(28)25-19(14-10-15-20(26)29-4)13-8-9-16-24-21(27)30-17-18-11-6-5-7-12-18;1-19(2,3)26-18(24)21-16(13-22)11-7-8-12-20-17(23)25-14-15-9-5-4-6-10-15;1-6-3(5)2-4;/h5-7,11-12,19H,8-10,13-17H2,1-4H3,(H,24,27)(H,25,28);4-6,9-10,13,16H,7-8,11-12,14H2,1-3H3,(H,20,23)(H,21,24);2,4H2,1H3;1H. The summed E-state index contributed by atoms with van der Waals surface area (Å²) >= 11 is 0. The van der Waals surface area contributed by atoms with Crippen molar-refractivity contribution in [2.45, 2.75) is 136 Å². The summed E-state index contributed by atoms with van der Waals surface area (Å²) in [5.74, 6) is -0.649. The quantitative estimate of drug-likeness (QED) is 0.0344. The van der Waals surface area contributed by atoms with E-state index in [4.69, 9.17) is 24.7 Å². The fraction of sp³-hybridized carbons (Fsp3) is 0.578. The summed E-state index contributed by atoms with van der Waals surface area (Å²) in [6.07, 6.45) is 4.26. The van der Waals surface area contributed by atoms with Crippen molar-refractivity contribution >= 4 is 55.0 Å². The molecular weight excluding hydrogens is 854 g/mol. The minimum atomic E-state index is -0.614. The van der Waals surface area contributed by atoms with Crippen molar-refractivity contribution in [1.82, 2.24) is 21.3 Å². The Kier molecular flexibility index (Phi) is 33.8. The largest absolute Gasteiger partial charge is 0.469 e. The number of rotatable bonds is 22. The third-order valence-electron chi connectivity index (χ3n) is 8.03. The maximum Gasteiger partial charge on any atom is 0.408 e. The van der Waals surface area contributed by atoms with E-state index in [0.717, 1.165) is 24.0 Å². The minimum absolute atomic E-state index is 0. The number of hydrogen-bond acceptors (Lipinski definition) is 14. The Hall–Kier alpha value is -5.62. The van der Waals surface area contributed by atoms with Gasteiger partial charge in [0.15, 0.2) is 0 Å². The number of carbonyl (C=O) groups is 7. The van der Waals surface area contributed by atoms with Crippen molar-refractivity contribution in [3.63, 3.8) is 0 Å². The van der Waals surface area contributed by atoms with E-state index in [-0.39, 0.29) is 50.1 Å². The number of alkyl carbamates (subject to hydrolysis) is 4. The van der Waals surface area contributed by atoms with Crippen LogP contribution in [0.2, 0.25) is 0 Å². The predicted molar refractivity (Wildman–Crippen MR) is 244 cm³/mol. The van der Waals surface area contributed by atoms with Crippen LogP contribution in [0.15, 0.2) is 60.7 Å². The van der Waals surface area contributed by atoms with Crippen molar-refractivity contribution in [2.24, 2.45) is 5.73 Å². The molecule has 2 atom stereocenters. The van der Waals surface area contributed by atoms with Gasteiger partial charge in [-0.25, -0.2) is 19.2 Å². The van der Waals surface area contributed by atoms with Gasteiger partial charge in [0, 0.05) is 25.6 Å². The number of esters is 2. The van der Waals surface area contributed by atoms with Gasteiger partial charge in [0.05, 0.1) is 26.8 Å². The SMILES string of the molecule is CC(C)(C)OC(=O)NC(C=O)CCCCNC(=O)OCc1ccccc1.COC(=O)CCCC(CCCCNC(=O)OCc1ccccc1)NC(=O)OC(C)(C)C.COC(=O)CN.Cl. The number of carbonyl (C=O) groups excluding carboxylic acids is 7. The first-order chi connectivity index (χ1) is 29.8. The summed E-state index contributed by atoms with van der Waals surface area (Å²) in [6, 6.07) is 18.2. The van der Waals surface area contributed by atoms with Gasteiger partial charge < -0.3 is 60.2 Å². The van der Waals surface area contributed by atoms with Gasteiger partial charge in [-0.15, -0.1) is 12.4 Å². The van der Waals surface area contributed by atoms with Crippen molar-refractivity contribution in [2.75, 3.05) is 33.9 Å². The Balaban J connectivity index is 0. The molecule has 0 fully saturated rings. The van der Waals surface area contributed by atoms with Crippen molar-refractivity contribution in [1.29, 1.82) is 0 Å². The molecular formula is C45H72ClN5O13. The maximum absolute atomic E-state index is 12.1. The first-order valence-electron chi connectivity index (χ1n) is 21.0. The molecule has 0 saturated carbocycles. The van der Waals surface area contributed by atoms with E-state index in [1.807, 2.05) is 60.7 Å². The summed E-state index contributed by atoms with van der Waals surface area (Å²) in [7, 11) is 2.66. The lowest BCUT2D eigenvalue weighted by Crippen LogP contribution is -2.40. The first kappa shape index (κ1) is 60.5. The molecule has 0 aromatic heterocycles. The van der Waals surface area contributed by atoms with Crippen molar-refractivity contribution < 1.29 is 62.0 Å². The molecule has 0 bridgehead atoms. The van der Waals surface area contributed by atoms with Crippen molar-refractivity contribution in [3.8, 4) is 0 Å². The number of nitrogens with two attached hydrogens (primary N) is 1. The molecule has 362 valence electrons. The van der Waals surface area contributed by atoms with E-state index in [1.54, 1.807) is 41.5 Å². The van der Waals surface area contributed by atoms with Crippen LogP contribution in [0.5, 0.6) is 0 Å². The van der Waals surface area contributed by atoms with Crippen LogP contribution >= 0.6 is 12.4 Å². The smallest absolute Gasteiger partial charge is 0.408 e. The van der Waals surface area contributed by atoms with Crippen LogP contribution in [-0.4, -0.2) is 99.7 Å². The second-order valence-electron chi connectivity index (χ2n) is 15.9. The Morgan fingerprint density at radius 3 is 1.41 bits per heavy atom. The molecule has 0 spiro atoms. The zero-order valence-electron chi connectivity index (χ0n) is 38.7. The Morgan fingerprint density at radius 2 is 1.02 bits per heavy atom. The topological polar surface area (TPSA) is 249 Å². The molecule has 19 heteroatoms. The van der Waals surface area contributed by atoms with Crippen LogP contribution in [0.3, 0.4) is 0 Å². The zero-order valence-corrected chi connectivity index (χ0v) is 39.5. The Labute approximate surface area is 384 Å². The Morgan fingerprint density at radius 1 is 0.594 bits per heavy atom. The maximum atomic E-state index is 12.1. The molecule has 4 amide bonds. The lowest BCUT2D eigenvalue weighted by Gasteiger charge is -2.23. The second kappa shape index (κ2) is 35.8. The molecule has 18 nitrogen and oxygen atoms in total. The van der Waals surface area contributed by atoms with E-state index < -0.39 is 41.6 Å². The highest BCUT2D eigenvalue weighted by Crippen LogP contribution is 2.13. The van der Waals surface area contributed by atoms with Gasteiger partial charge in [0.2, 0.25) is 0 Å². The molecule has 2 rings (SSSR count). The van der Waals surface area contributed by atoms with E-state index in [2.05, 4.69) is 30.7 Å². The molecule has 6 N–H and O–H groups in total. The van der Waals surface area contributed by atoms with E-state index >= 15 is 0 Å². The molecule has 0 radical (unpaired) electrons. The number of hydrogen-bond donors (Lipinski definition) is 5. The number of methoxy groups -OCH3 is 2. The minimum Gasteiger partial charge on any atom is -0.469 e. The van der Waals surface area contributed by atoms with Crippen LogP contribution in [0.1, 0.15) is 110 Å². The summed E-state index contributed by atoms with van der Waals surface area (Å²) in [5.41, 5.74) is 5.47. The zero-order chi connectivity index (χ0) is 47.5. The summed E-state index contributed by atoms with van der Waals surface area (Å²) < 4.78 is 29.5. The second-order valence-corrected chi connectivity index (χ2v) is 15.9. The fourth-order valence-corrected chi connectivity index (χ4v) is 5.01. The molecule has 64 heavy (non-hydrogen) atoms. The van der Waals surface area contributed by atoms with Crippen LogP contribution in [0.4, 0.5) is 19.2 Å². The van der Waals surface area contributed by atoms with Gasteiger partial charge in [-0.05, 0) is 104 Å². The highest BCUT2D eigenvalue weighted by atomic mass is 35.5. The van der Waals surface area contributed by atoms with Crippen LogP contribution in [0.25, 0.3) is 0 Å². The molecule has 0 aliphatic heterocycles. The van der Waals surface area contributed by atoms with Gasteiger partial charge in [0.1, 0.15) is 30.7 Å². The molecule has 0 saturated heterocycles. The third kappa shape index (κ3) is 37.0. The fourth-order valence-electron chi connectivity index (χ4n) is 5.01. The molecule has 0 aliphatic carbocycles. The first-order valence-corrected chi connectivity index (χ1v) is 21.0. The highest BCUT2D eigenvalue weighted by molar-refractivity contribution is 5.85. The van der Waals surface area contributed by atoms with Crippen molar-refractivity contribution in [3.05, 3.63) is 71.8 Å². The highest BCUT2D eigenvalue weighted by Gasteiger charge is 2.21. The lowest BCUT2D eigenvalue weighted by atomic mass is 10.0. The molecule has 2 aromatic carbocycles. The average Bonchev–Trinajstić information content (AvgIpc) is 3.23. The van der Waals surface area contributed by atoms with Crippen LogP contribution < -0.4 is 27.0 Å². The average molecular weight is 927 g/mol. The predicted octanol–water partition coefficient (Wildman–Crippen LogP) is 7.03. The third-order valence-corrected chi connectivity index (χ3v) is 8.03. The summed E-state index contributed by atoms with van der Waals surface area (Å²) in [6.45, 7) is 12.0. The molecule has 0 heterocycles. The van der Waals surface area contributed by atoms with Gasteiger partial charge in [-0.1, -0.05) is 60.7 Å². The Bertz CT molecular complexity index is 1600. The number of unbranched alkanes of at least 4 members (excludes halogenated alkanes) is 2. The van der Waals surface area contributed by atoms with Crippen LogP contribution in [-0.2, 0) is 56.0 Å². The van der Waals surface area contributed by atoms with Gasteiger partial charge in [-0.3, -0.25) is 9.59 Å². The van der Waals surface area contributed by atoms with E-state index in [0.29, 0.717) is 64.3 Å². The molecule has 2 unspecified atom stereocenters. The van der Waals surface area contributed by atoms with Gasteiger partial charge in [0.25, 0.3) is 0 Å². The number of aldehydes is 1. The van der Waals surface area contributed by atoms with E-state index in [9.17, 15) is 33.6 Å². The van der Waals surface area contributed by atoms with Gasteiger partial charge in [-0.2, -0.15) is 0 Å². The number of halogens is 1. The summed E-state index contributed by atoms with van der Waals surface area (Å²) in [5, 5.41) is 10.8. The van der Waals surface area contributed by atoms with Crippen LogP contribution in [0, 0.1) is 0 Å². The number of ether oxygens (including phenoxy) is 6. The van der Waals surface area contributed by atoms with E-state index in [1.165, 1.54) is 14.2 Å². The van der Waals surface area contributed by atoms with Gasteiger partial charge >= 0.3 is 36.3 Å². The molecule has 2 aromatic rings. The summed E-state index contributed by atoms with van der Waals surface area (Å²) in [4.78, 5) is 79.3. The number of benzene rings is 2. The monoisotopic (exact) mass is 925 g/mol. The lowest BCUT2D eigenvalue weighted by molar-refractivity contribution is -0.141. The normalized spacial score (nSPS) is 11.3. The number of amides is 4. The number of nitrogens with one attached hydrogen (secondary N) is 4. The molecule has 0 aliphatic rings.